The summed E-state index contributed by atoms with van der Waals surface area (Å²) in [5.74, 6) is 1.71. The molecular weight excluding hydrogens is 720 g/mol. The quantitative estimate of drug-likeness (QED) is 0.194. The van der Waals surface area contributed by atoms with E-state index in [-0.39, 0.29) is 0 Å². The van der Waals surface area contributed by atoms with Crippen LogP contribution in [0.1, 0.15) is 11.1 Å². The van der Waals surface area contributed by atoms with Crippen LogP contribution in [0, 0.1) is 0 Å². The Kier molecular flexibility index (Phi) is 11.0. The second-order valence-corrected chi connectivity index (χ2v) is 10.8. The molecule has 2 aromatic heterocycles. The van der Waals surface area contributed by atoms with Gasteiger partial charge in [-0.1, -0.05) is 24.3 Å². The number of benzene rings is 2. The zero-order valence-electron chi connectivity index (χ0n) is 19.6. The van der Waals surface area contributed by atoms with Crippen LogP contribution >= 0.6 is 63.7 Å². The van der Waals surface area contributed by atoms with Gasteiger partial charge in [-0.15, -0.1) is 0 Å². The number of pyridine rings is 2. The van der Waals surface area contributed by atoms with Gasteiger partial charge >= 0.3 is 0 Å². The normalized spacial score (nSPS) is 10.3. The van der Waals surface area contributed by atoms with E-state index in [1.165, 1.54) is 11.1 Å². The van der Waals surface area contributed by atoms with Gasteiger partial charge < -0.3 is 20.1 Å². The maximum absolute atomic E-state index is 5.46. The number of methoxy groups -OCH3 is 2. The van der Waals surface area contributed by atoms with Crippen molar-refractivity contribution in [2.75, 3.05) is 24.9 Å². The molecule has 2 N–H and O–H groups in total. The molecule has 0 atom stereocenters. The Morgan fingerprint density at radius 2 is 1.00 bits per heavy atom. The zero-order chi connectivity index (χ0) is 26.1. The molecule has 0 unspecified atom stereocenters. The zero-order valence-corrected chi connectivity index (χ0v) is 25.9. The molecule has 2 aromatic carbocycles. The summed E-state index contributed by atoms with van der Waals surface area (Å²) in [5.41, 5.74) is 9.64. The van der Waals surface area contributed by atoms with Crippen LogP contribution in [0.2, 0.25) is 0 Å². The van der Waals surface area contributed by atoms with Gasteiger partial charge in [-0.25, -0.2) is 9.97 Å². The van der Waals surface area contributed by atoms with E-state index in [4.69, 9.17) is 15.2 Å². The molecule has 0 aliphatic heterocycles. The molecule has 0 saturated carbocycles. The smallest absolute Gasteiger partial charge is 0.118 e. The van der Waals surface area contributed by atoms with Crippen molar-refractivity contribution in [3.63, 3.8) is 0 Å². The first kappa shape index (κ1) is 28.4. The van der Waals surface area contributed by atoms with E-state index < -0.39 is 0 Å². The van der Waals surface area contributed by atoms with Crippen LogP contribution in [0.25, 0.3) is 0 Å². The highest BCUT2D eigenvalue weighted by atomic mass is 79.9. The number of nitrogen functional groups attached to an aromatic ring is 1. The lowest BCUT2D eigenvalue weighted by Gasteiger charge is -2.26. The SMILES string of the molecule is COc1ccc(CN(Cc2ccc(OC)cc2)c2cc(Br)nc(Br)c2)cc1.Nc1cc(Br)nc(Br)c1. The first-order chi connectivity index (χ1) is 17.2. The fourth-order valence-electron chi connectivity index (χ4n) is 3.26. The van der Waals surface area contributed by atoms with Crippen molar-refractivity contribution in [3.8, 4) is 11.5 Å². The summed E-state index contributed by atoms with van der Waals surface area (Å²) in [4.78, 5) is 10.6. The van der Waals surface area contributed by atoms with E-state index in [2.05, 4.69) is 103 Å². The number of nitrogens with two attached hydrogens (primary N) is 1. The third kappa shape index (κ3) is 9.06. The highest BCUT2D eigenvalue weighted by Crippen LogP contribution is 2.27. The second-order valence-electron chi connectivity index (χ2n) is 7.57. The topological polar surface area (TPSA) is 73.5 Å². The standard InChI is InChI=1S/C21H20Br2N2O2.C5H4Br2N2/c1-26-18-7-3-15(4-8-18)13-25(17-11-20(22)24-21(23)12-17)14-16-5-9-19(27-2)10-6-16;6-4-1-3(8)2-5(7)9-4/h3-12H,13-14H2,1-2H3;1-2H,(H2,8,9). The van der Waals surface area contributed by atoms with Crippen LogP contribution in [-0.4, -0.2) is 24.2 Å². The summed E-state index contributed by atoms with van der Waals surface area (Å²) in [7, 11) is 3.36. The van der Waals surface area contributed by atoms with Gasteiger partial charge in [0.2, 0.25) is 0 Å². The van der Waals surface area contributed by atoms with E-state index in [1.54, 1.807) is 26.4 Å². The molecule has 0 aliphatic carbocycles. The first-order valence-corrected chi connectivity index (χ1v) is 13.9. The minimum atomic E-state index is 0.698. The number of hydrogen-bond donors (Lipinski definition) is 1. The average molecular weight is 744 g/mol. The molecular formula is C26H24Br4N4O2. The Bertz CT molecular complexity index is 1150. The van der Waals surface area contributed by atoms with Gasteiger partial charge in [-0.2, -0.15) is 0 Å². The molecule has 0 radical (unpaired) electrons. The number of halogens is 4. The Labute approximate surface area is 244 Å². The lowest BCUT2D eigenvalue weighted by atomic mass is 10.1. The van der Waals surface area contributed by atoms with Crippen molar-refractivity contribution in [1.29, 1.82) is 0 Å². The maximum Gasteiger partial charge on any atom is 0.118 e. The van der Waals surface area contributed by atoms with Gasteiger partial charge in [0.15, 0.2) is 0 Å². The first-order valence-electron chi connectivity index (χ1n) is 10.7. The third-order valence-electron chi connectivity index (χ3n) is 4.96. The average Bonchev–Trinajstić information content (AvgIpc) is 2.83. The lowest BCUT2D eigenvalue weighted by molar-refractivity contribution is 0.414. The molecule has 36 heavy (non-hydrogen) atoms. The molecule has 0 aliphatic rings. The summed E-state index contributed by atoms with van der Waals surface area (Å²) < 4.78 is 13.6. The predicted molar refractivity (Wildman–Crippen MR) is 160 cm³/mol. The minimum absolute atomic E-state index is 0.698. The van der Waals surface area contributed by atoms with Crippen LogP contribution < -0.4 is 20.1 Å². The summed E-state index contributed by atoms with van der Waals surface area (Å²) in [6, 6.07) is 23.8. The number of nitrogens with zero attached hydrogens (tertiary/aromatic N) is 3. The van der Waals surface area contributed by atoms with Gasteiger partial charge in [-0.05, 0) is 123 Å². The molecule has 0 spiro atoms. The maximum atomic E-state index is 5.46. The number of ether oxygens (including phenoxy) is 2. The molecule has 2 heterocycles. The van der Waals surface area contributed by atoms with Crippen LogP contribution in [0.15, 0.2) is 91.2 Å². The van der Waals surface area contributed by atoms with Crippen molar-refractivity contribution in [2.45, 2.75) is 13.1 Å². The molecule has 0 saturated heterocycles. The molecule has 0 amide bonds. The number of rotatable bonds is 7. The van der Waals surface area contributed by atoms with Crippen LogP contribution in [0.4, 0.5) is 11.4 Å². The molecule has 10 heteroatoms. The summed E-state index contributed by atoms with van der Waals surface area (Å²) in [6.07, 6.45) is 0. The summed E-state index contributed by atoms with van der Waals surface area (Å²) >= 11 is 13.4. The second kappa shape index (κ2) is 14.0. The Balaban J connectivity index is 0.000000338. The lowest BCUT2D eigenvalue weighted by Crippen LogP contribution is -2.22. The van der Waals surface area contributed by atoms with E-state index in [0.29, 0.717) is 5.69 Å². The Hall–Kier alpha value is -2.14. The Morgan fingerprint density at radius 3 is 1.33 bits per heavy atom. The molecule has 4 aromatic rings. The molecule has 6 nitrogen and oxygen atoms in total. The van der Waals surface area contributed by atoms with Crippen molar-refractivity contribution < 1.29 is 9.47 Å². The van der Waals surface area contributed by atoms with Crippen molar-refractivity contribution in [3.05, 3.63) is 102 Å². The van der Waals surface area contributed by atoms with E-state index in [9.17, 15) is 0 Å². The highest BCUT2D eigenvalue weighted by Gasteiger charge is 2.11. The summed E-state index contributed by atoms with van der Waals surface area (Å²) in [5, 5.41) is 0. The highest BCUT2D eigenvalue weighted by molar-refractivity contribution is 9.11. The predicted octanol–water partition coefficient (Wildman–Crippen LogP) is 8.02. The summed E-state index contributed by atoms with van der Waals surface area (Å²) in [6.45, 7) is 1.53. The van der Waals surface area contributed by atoms with Crippen molar-refractivity contribution >= 4 is 75.1 Å². The molecule has 188 valence electrons. The molecule has 4 rings (SSSR count). The van der Waals surface area contributed by atoms with Gasteiger partial charge in [-0.3, -0.25) is 0 Å². The molecule has 0 fully saturated rings. The minimum Gasteiger partial charge on any atom is -0.497 e. The number of aromatic nitrogens is 2. The number of hydrogen-bond acceptors (Lipinski definition) is 6. The largest absolute Gasteiger partial charge is 0.497 e. The Morgan fingerprint density at radius 1 is 0.639 bits per heavy atom. The van der Waals surface area contributed by atoms with Crippen molar-refractivity contribution in [2.24, 2.45) is 0 Å². The fraction of sp³-hybridized carbons (Fsp3) is 0.154. The van der Waals surface area contributed by atoms with Gasteiger partial charge in [0.05, 0.1) is 14.2 Å². The monoisotopic (exact) mass is 740 g/mol. The van der Waals surface area contributed by atoms with Gasteiger partial charge in [0.1, 0.15) is 29.9 Å². The number of anilines is 2. The van der Waals surface area contributed by atoms with Gasteiger partial charge in [0, 0.05) is 24.5 Å². The van der Waals surface area contributed by atoms with E-state index in [1.807, 2.05) is 36.4 Å². The van der Waals surface area contributed by atoms with Crippen molar-refractivity contribution in [1.82, 2.24) is 9.97 Å². The fourth-order valence-corrected chi connectivity index (χ4v) is 5.50. The van der Waals surface area contributed by atoms with Crippen LogP contribution in [0.3, 0.4) is 0 Å². The van der Waals surface area contributed by atoms with Crippen LogP contribution in [-0.2, 0) is 13.1 Å². The van der Waals surface area contributed by atoms with Gasteiger partial charge in [0.25, 0.3) is 0 Å². The molecule has 0 bridgehead atoms. The van der Waals surface area contributed by atoms with Crippen LogP contribution in [0.5, 0.6) is 11.5 Å². The van der Waals surface area contributed by atoms with E-state index >= 15 is 0 Å². The van der Waals surface area contributed by atoms with E-state index in [0.717, 1.165) is 48.7 Å². The third-order valence-corrected chi connectivity index (χ3v) is 6.59.